The third-order valence-electron chi connectivity index (χ3n) is 4.76. The van der Waals surface area contributed by atoms with Gasteiger partial charge in [0, 0.05) is 34.9 Å². The van der Waals surface area contributed by atoms with Crippen molar-refractivity contribution in [2.24, 2.45) is 0 Å². The van der Waals surface area contributed by atoms with Gasteiger partial charge in [-0.15, -0.1) is 0 Å². The van der Waals surface area contributed by atoms with Gasteiger partial charge in [0.15, 0.2) is 0 Å². The molecule has 0 spiro atoms. The SMILES string of the molecule is CCCCCCCCCCCCOS(=O)(=O)c1cccc2ccccc12.[Na]. The van der Waals surface area contributed by atoms with Crippen molar-refractivity contribution in [2.45, 2.75) is 76.0 Å². The average molecular weight is 400 g/mol. The smallest absolute Gasteiger partial charge is 0.266 e. The zero-order valence-corrected chi connectivity index (χ0v) is 19.8. The minimum Gasteiger partial charge on any atom is -0.266 e. The van der Waals surface area contributed by atoms with Crippen LogP contribution in [0.25, 0.3) is 10.8 Å². The van der Waals surface area contributed by atoms with Crippen molar-refractivity contribution in [3.8, 4) is 0 Å². The van der Waals surface area contributed by atoms with Crippen molar-refractivity contribution < 1.29 is 12.6 Å². The van der Waals surface area contributed by atoms with Crippen molar-refractivity contribution in [3.05, 3.63) is 42.5 Å². The van der Waals surface area contributed by atoms with Crippen LogP contribution >= 0.6 is 0 Å². The molecule has 5 heteroatoms. The number of benzene rings is 2. The quantitative estimate of drug-likeness (QED) is 0.233. The maximum absolute atomic E-state index is 12.5. The first-order valence-electron chi connectivity index (χ1n) is 10.0. The van der Waals surface area contributed by atoms with E-state index in [1.165, 1.54) is 44.9 Å². The van der Waals surface area contributed by atoms with Crippen molar-refractivity contribution in [3.63, 3.8) is 0 Å². The Balaban J connectivity index is 0.00000364. The summed E-state index contributed by atoms with van der Waals surface area (Å²) in [5.74, 6) is 0. The van der Waals surface area contributed by atoms with Crippen LogP contribution in [0, 0.1) is 0 Å². The topological polar surface area (TPSA) is 43.4 Å². The van der Waals surface area contributed by atoms with Crippen LogP contribution in [-0.4, -0.2) is 44.6 Å². The van der Waals surface area contributed by atoms with E-state index in [0.29, 0.717) is 0 Å². The molecule has 0 unspecified atom stereocenters. The number of hydrogen-bond acceptors (Lipinski definition) is 3. The van der Waals surface area contributed by atoms with Gasteiger partial charge >= 0.3 is 0 Å². The molecule has 0 bridgehead atoms. The summed E-state index contributed by atoms with van der Waals surface area (Å²) in [7, 11) is -3.70. The molecule has 0 aromatic heterocycles. The molecule has 0 heterocycles. The fourth-order valence-corrected chi connectivity index (χ4v) is 4.40. The number of unbranched alkanes of at least 4 members (excludes halogenated alkanes) is 9. The van der Waals surface area contributed by atoms with Gasteiger partial charge in [-0.3, -0.25) is 4.18 Å². The van der Waals surface area contributed by atoms with Gasteiger partial charge in [0.2, 0.25) is 0 Å². The zero-order chi connectivity index (χ0) is 18.7. The van der Waals surface area contributed by atoms with Gasteiger partial charge in [0.25, 0.3) is 10.1 Å². The maximum atomic E-state index is 12.5. The number of fused-ring (bicyclic) bond motifs is 1. The number of hydrogen-bond donors (Lipinski definition) is 0. The van der Waals surface area contributed by atoms with Crippen LogP contribution in [0.2, 0.25) is 0 Å². The van der Waals surface area contributed by atoms with Crippen LogP contribution in [-0.2, 0) is 14.3 Å². The van der Waals surface area contributed by atoms with Crippen LogP contribution in [0.3, 0.4) is 0 Å². The second-order valence-corrected chi connectivity index (χ2v) is 8.52. The molecule has 145 valence electrons. The van der Waals surface area contributed by atoms with E-state index in [1.807, 2.05) is 30.3 Å². The van der Waals surface area contributed by atoms with Crippen LogP contribution in [0.4, 0.5) is 0 Å². The number of rotatable bonds is 13. The summed E-state index contributed by atoms with van der Waals surface area (Å²) in [4.78, 5) is 0.266. The summed E-state index contributed by atoms with van der Waals surface area (Å²) in [6.07, 6.45) is 12.2. The Bertz CT molecular complexity index is 754. The minimum absolute atomic E-state index is 0. The molecule has 27 heavy (non-hydrogen) atoms. The molecule has 2 rings (SSSR count). The molecular weight excluding hydrogens is 367 g/mol. The largest absolute Gasteiger partial charge is 0.297 e. The van der Waals surface area contributed by atoms with E-state index in [2.05, 4.69) is 6.92 Å². The summed E-state index contributed by atoms with van der Waals surface area (Å²) < 4.78 is 30.2. The molecular formula is C22H32NaO3S. The van der Waals surface area contributed by atoms with Gasteiger partial charge in [-0.2, -0.15) is 8.42 Å². The summed E-state index contributed by atoms with van der Waals surface area (Å²) in [6.45, 7) is 2.50. The van der Waals surface area contributed by atoms with Crippen molar-refractivity contribution in [1.29, 1.82) is 0 Å². The minimum atomic E-state index is -3.70. The molecule has 0 fully saturated rings. The predicted molar refractivity (Wildman–Crippen MR) is 115 cm³/mol. The Hall–Kier alpha value is -0.390. The van der Waals surface area contributed by atoms with E-state index in [9.17, 15) is 8.42 Å². The van der Waals surface area contributed by atoms with Gasteiger partial charge in [-0.05, 0) is 17.9 Å². The molecule has 0 atom stereocenters. The molecule has 3 nitrogen and oxygen atoms in total. The first kappa shape index (κ1) is 24.6. The van der Waals surface area contributed by atoms with Crippen LogP contribution in [0.1, 0.15) is 71.1 Å². The Labute approximate surface area is 187 Å². The Kier molecular flexibility index (Phi) is 12.5. The van der Waals surface area contributed by atoms with Gasteiger partial charge in [0.1, 0.15) is 4.90 Å². The Morgan fingerprint density at radius 3 is 1.96 bits per heavy atom. The summed E-state index contributed by atoms with van der Waals surface area (Å²) in [5, 5.41) is 1.63. The molecule has 0 N–H and O–H groups in total. The van der Waals surface area contributed by atoms with E-state index < -0.39 is 10.1 Å². The van der Waals surface area contributed by atoms with Crippen molar-refractivity contribution in [1.82, 2.24) is 0 Å². The second-order valence-electron chi connectivity index (χ2n) is 6.94. The fourth-order valence-electron chi connectivity index (χ4n) is 3.24. The van der Waals surface area contributed by atoms with Gasteiger partial charge < -0.3 is 0 Å². The molecule has 0 aliphatic carbocycles. The third-order valence-corrected chi connectivity index (χ3v) is 6.13. The van der Waals surface area contributed by atoms with E-state index in [-0.39, 0.29) is 41.1 Å². The molecule has 0 saturated heterocycles. The van der Waals surface area contributed by atoms with Crippen molar-refractivity contribution in [2.75, 3.05) is 6.61 Å². The van der Waals surface area contributed by atoms with Gasteiger partial charge in [-0.1, -0.05) is 101 Å². The van der Waals surface area contributed by atoms with Crippen LogP contribution in [0.15, 0.2) is 47.4 Å². The normalized spacial score (nSPS) is 11.4. The first-order valence-corrected chi connectivity index (χ1v) is 11.4. The van der Waals surface area contributed by atoms with Crippen LogP contribution in [0.5, 0.6) is 0 Å². The summed E-state index contributed by atoms with van der Waals surface area (Å²) in [6, 6.07) is 12.8. The molecule has 0 aliphatic rings. The molecule has 0 aliphatic heterocycles. The zero-order valence-electron chi connectivity index (χ0n) is 17.0. The standard InChI is InChI=1S/C22H32O3S.Na/c1-2-3-4-5-6-7-8-9-10-13-19-25-26(23,24)22-18-14-16-20-15-11-12-17-21(20)22;/h11-12,14-18H,2-10,13,19H2,1H3;. The van der Waals surface area contributed by atoms with E-state index in [1.54, 1.807) is 12.1 Å². The summed E-state index contributed by atoms with van der Waals surface area (Å²) in [5.41, 5.74) is 0. The van der Waals surface area contributed by atoms with E-state index in [4.69, 9.17) is 4.18 Å². The van der Waals surface area contributed by atoms with Crippen molar-refractivity contribution >= 4 is 50.4 Å². The Morgan fingerprint density at radius 1 is 0.741 bits per heavy atom. The van der Waals surface area contributed by atoms with Gasteiger partial charge in [0.05, 0.1) is 6.61 Å². The molecule has 0 saturated carbocycles. The molecule has 1 radical (unpaired) electrons. The van der Waals surface area contributed by atoms with Crippen LogP contribution < -0.4 is 0 Å². The van der Waals surface area contributed by atoms with E-state index in [0.717, 1.165) is 30.0 Å². The van der Waals surface area contributed by atoms with E-state index >= 15 is 0 Å². The monoisotopic (exact) mass is 399 g/mol. The third kappa shape index (κ3) is 8.66. The second kappa shape index (κ2) is 13.7. The Morgan fingerprint density at radius 2 is 1.30 bits per heavy atom. The molecule has 2 aromatic rings. The molecule has 2 aromatic carbocycles. The first-order chi connectivity index (χ1) is 12.6. The average Bonchev–Trinajstić information content (AvgIpc) is 2.65. The van der Waals surface area contributed by atoms with Gasteiger partial charge in [-0.25, -0.2) is 0 Å². The maximum Gasteiger partial charge on any atom is 0.297 e. The fraction of sp³-hybridized carbons (Fsp3) is 0.545. The summed E-state index contributed by atoms with van der Waals surface area (Å²) >= 11 is 0. The predicted octanol–water partition coefficient (Wildman–Crippen LogP) is 6.09. The molecule has 0 amide bonds.